The van der Waals surface area contributed by atoms with Gasteiger partial charge < -0.3 is 10.2 Å². The molecule has 0 aliphatic rings. The van der Waals surface area contributed by atoms with E-state index in [-0.39, 0.29) is 18.0 Å². The van der Waals surface area contributed by atoms with E-state index in [0.29, 0.717) is 0 Å². The van der Waals surface area contributed by atoms with Crippen LogP contribution in [-0.2, 0) is 0 Å². The van der Waals surface area contributed by atoms with E-state index >= 15 is 0 Å². The summed E-state index contributed by atoms with van der Waals surface area (Å²) in [6.07, 6.45) is -0.683. The van der Waals surface area contributed by atoms with Gasteiger partial charge in [0.2, 0.25) is 0 Å². The van der Waals surface area contributed by atoms with E-state index in [4.69, 9.17) is 10.2 Å². The van der Waals surface area contributed by atoms with Crippen molar-refractivity contribution in [3.05, 3.63) is 108 Å². The Morgan fingerprint density at radius 1 is 0.630 bits per heavy atom. The van der Waals surface area contributed by atoms with Gasteiger partial charge in [-0.15, -0.1) is 0 Å². The van der Waals surface area contributed by atoms with E-state index in [9.17, 15) is 4.79 Å². The minimum atomic E-state index is -0.341. The third-order valence-corrected chi connectivity index (χ3v) is 3.74. The summed E-state index contributed by atoms with van der Waals surface area (Å²) in [6, 6.07) is 28.4. The third-order valence-electron chi connectivity index (χ3n) is 3.74. The number of carbonyl (C=O) groups is 1. The lowest BCUT2D eigenvalue weighted by Crippen LogP contribution is -1.88. The molecule has 3 rings (SSSR count). The summed E-state index contributed by atoms with van der Waals surface area (Å²) in [5.41, 5.74) is 2.72. The van der Waals surface area contributed by atoms with Crippen molar-refractivity contribution >= 4 is 5.78 Å². The lowest BCUT2D eigenvalue weighted by molar-refractivity contribution is 0.101. The van der Waals surface area contributed by atoms with Crippen LogP contribution >= 0.6 is 0 Å². The highest BCUT2D eigenvalue weighted by atomic mass is 16.3. The Balaban J connectivity index is 0.000000202. The Morgan fingerprint density at radius 3 is 1.11 bits per heavy atom. The van der Waals surface area contributed by atoms with Crippen molar-refractivity contribution in [3.8, 4) is 0 Å². The molecule has 0 saturated heterocycles. The summed E-state index contributed by atoms with van der Waals surface area (Å²) in [5, 5.41) is 18.0. The summed E-state index contributed by atoms with van der Waals surface area (Å²) >= 11 is 0. The molecule has 0 aromatic heterocycles. The van der Waals surface area contributed by atoms with E-state index < -0.39 is 0 Å². The Labute approximate surface area is 161 Å². The SMILES string of the molecule is CC(=O)c1ccccc1.CC(O)c1ccccc1.C[C@H](O)c1ccccc1. The van der Waals surface area contributed by atoms with Crippen molar-refractivity contribution in [2.75, 3.05) is 0 Å². The molecule has 3 heteroatoms. The van der Waals surface area contributed by atoms with Crippen LogP contribution in [0.1, 0.15) is 54.5 Å². The molecule has 0 fully saturated rings. The Hall–Kier alpha value is -2.75. The average molecular weight is 364 g/mol. The molecule has 3 aromatic rings. The van der Waals surface area contributed by atoms with E-state index in [1.54, 1.807) is 20.8 Å². The number of aliphatic hydroxyl groups excluding tert-OH is 2. The quantitative estimate of drug-likeness (QED) is 0.614. The fourth-order valence-electron chi connectivity index (χ4n) is 2.14. The number of hydrogen-bond donors (Lipinski definition) is 2. The van der Waals surface area contributed by atoms with Gasteiger partial charge in [0.15, 0.2) is 5.78 Å². The van der Waals surface area contributed by atoms with Crippen molar-refractivity contribution < 1.29 is 15.0 Å². The van der Waals surface area contributed by atoms with Crippen molar-refractivity contribution in [1.29, 1.82) is 0 Å². The smallest absolute Gasteiger partial charge is 0.159 e. The molecular formula is C24H28O3. The predicted octanol–water partition coefficient (Wildman–Crippen LogP) is 5.37. The van der Waals surface area contributed by atoms with E-state index in [1.807, 2.05) is 91.0 Å². The second-order valence-electron chi connectivity index (χ2n) is 6.10. The van der Waals surface area contributed by atoms with Crippen LogP contribution in [0, 0.1) is 0 Å². The number of rotatable bonds is 3. The summed E-state index contributed by atoms with van der Waals surface area (Å²) in [5.74, 6) is 0.121. The Morgan fingerprint density at radius 2 is 0.926 bits per heavy atom. The van der Waals surface area contributed by atoms with Crippen LogP contribution in [0.5, 0.6) is 0 Å². The molecule has 0 spiro atoms. The normalized spacial score (nSPS) is 11.7. The monoisotopic (exact) mass is 364 g/mol. The van der Waals surface area contributed by atoms with Gasteiger partial charge in [-0.2, -0.15) is 0 Å². The van der Waals surface area contributed by atoms with Gasteiger partial charge in [-0.25, -0.2) is 0 Å². The third kappa shape index (κ3) is 9.50. The number of benzene rings is 3. The largest absolute Gasteiger partial charge is 0.389 e. The first-order chi connectivity index (χ1) is 12.9. The highest BCUT2D eigenvalue weighted by Gasteiger charge is 1.96. The maximum absolute atomic E-state index is 10.6. The van der Waals surface area contributed by atoms with Gasteiger partial charge in [-0.1, -0.05) is 91.0 Å². The van der Waals surface area contributed by atoms with E-state index in [2.05, 4.69) is 0 Å². The number of hydrogen-bond acceptors (Lipinski definition) is 3. The van der Waals surface area contributed by atoms with Gasteiger partial charge in [0.1, 0.15) is 0 Å². The minimum Gasteiger partial charge on any atom is -0.389 e. The van der Waals surface area contributed by atoms with E-state index in [1.165, 1.54) is 0 Å². The number of carbonyl (C=O) groups excluding carboxylic acids is 1. The molecule has 0 saturated carbocycles. The molecule has 0 radical (unpaired) electrons. The van der Waals surface area contributed by atoms with Crippen LogP contribution in [0.4, 0.5) is 0 Å². The molecule has 0 aliphatic heterocycles. The summed E-state index contributed by atoms with van der Waals surface area (Å²) < 4.78 is 0. The zero-order chi connectivity index (χ0) is 20.1. The highest BCUT2D eigenvalue weighted by Crippen LogP contribution is 2.09. The van der Waals surface area contributed by atoms with Crippen molar-refractivity contribution in [2.24, 2.45) is 0 Å². The molecule has 1 unspecified atom stereocenters. The average Bonchev–Trinajstić information content (AvgIpc) is 2.71. The van der Waals surface area contributed by atoms with Crippen LogP contribution in [0.15, 0.2) is 91.0 Å². The summed E-state index contributed by atoms with van der Waals surface area (Å²) in [4.78, 5) is 10.6. The van der Waals surface area contributed by atoms with E-state index in [0.717, 1.165) is 16.7 Å². The molecule has 0 heterocycles. The second-order valence-corrected chi connectivity index (χ2v) is 6.10. The molecular weight excluding hydrogens is 336 g/mol. The number of aliphatic hydroxyl groups is 2. The van der Waals surface area contributed by atoms with Gasteiger partial charge in [0.25, 0.3) is 0 Å². The molecule has 142 valence electrons. The summed E-state index contributed by atoms with van der Waals surface area (Å²) in [6.45, 7) is 5.08. The fourth-order valence-corrected chi connectivity index (χ4v) is 2.14. The Bertz CT molecular complexity index is 708. The van der Waals surface area contributed by atoms with Gasteiger partial charge >= 0.3 is 0 Å². The van der Waals surface area contributed by atoms with Crippen molar-refractivity contribution in [1.82, 2.24) is 0 Å². The van der Waals surface area contributed by atoms with Crippen LogP contribution in [-0.4, -0.2) is 16.0 Å². The standard InChI is InChI=1S/2C8H10O.C8H8O/c3*1-7(9)8-5-3-2-4-6-8/h2*2-7,9H,1H3;2-6H,1H3/t7-;;/m0../s1. The summed E-state index contributed by atoms with van der Waals surface area (Å²) in [7, 11) is 0. The first-order valence-electron chi connectivity index (χ1n) is 8.93. The van der Waals surface area contributed by atoms with Crippen LogP contribution in [0.25, 0.3) is 0 Å². The predicted molar refractivity (Wildman–Crippen MR) is 111 cm³/mol. The maximum Gasteiger partial charge on any atom is 0.159 e. The maximum atomic E-state index is 10.6. The molecule has 0 bridgehead atoms. The zero-order valence-corrected chi connectivity index (χ0v) is 16.1. The molecule has 2 N–H and O–H groups in total. The molecule has 3 nitrogen and oxygen atoms in total. The lowest BCUT2D eigenvalue weighted by atomic mass is 10.1. The van der Waals surface area contributed by atoms with Crippen LogP contribution < -0.4 is 0 Å². The van der Waals surface area contributed by atoms with Gasteiger partial charge in [-0.05, 0) is 31.9 Å². The molecule has 27 heavy (non-hydrogen) atoms. The number of Topliss-reactive ketones (excluding diaryl/α,β-unsaturated/α-hetero) is 1. The Kier molecular flexibility index (Phi) is 10.4. The van der Waals surface area contributed by atoms with Gasteiger partial charge in [-0.3, -0.25) is 4.79 Å². The topological polar surface area (TPSA) is 57.5 Å². The van der Waals surface area contributed by atoms with Gasteiger partial charge in [0.05, 0.1) is 12.2 Å². The first kappa shape index (κ1) is 22.3. The minimum absolute atomic E-state index is 0.121. The van der Waals surface area contributed by atoms with Gasteiger partial charge in [0, 0.05) is 5.56 Å². The highest BCUT2D eigenvalue weighted by molar-refractivity contribution is 5.93. The van der Waals surface area contributed by atoms with Crippen molar-refractivity contribution in [3.63, 3.8) is 0 Å². The van der Waals surface area contributed by atoms with Crippen LogP contribution in [0.2, 0.25) is 0 Å². The van der Waals surface area contributed by atoms with Crippen LogP contribution in [0.3, 0.4) is 0 Å². The first-order valence-corrected chi connectivity index (χ1v) is 8.93. The second kappa shape index (κ2) is 12.6. The molecule has 0 aliphatic carbocycles. The molecule has 0 amide bonds. The molecule has 2 atom stereocenters. The fraction of sp³-hybridized carbons (Fsp3) is 0.208. The number of ketones is 1. The lowest BCUT2D eigenvalue weighted by Gasteiger charge is -2.00. The van der Waals surface area contributed by atoms with Crippen molar-refractivity contribution in [2.45, 2.75) is 33.0 Å². The zero-order valence-electron chi connectivity index (χ0n) is 16.1. The molecule has 3 aromatic carbocycles.